The number of anilines is 2. The zero-order chi connectivity index (χ0) is 24.0. The highest BCUT2D eigenvalue weighted by Crippen LogP contribution is 2.24. The summed E-state index contributed by atoms with van der Waals surface area (Å²) >= 11 is 1.67. The van der Waals surface area contributed by atoms with Crippen molar-refractivity contribution in [2.45, 2.75) is 44.2 Å². The van der Waals surface area contributed by atoms with Crippen LogP contribution in [-0.2, 0) is 0 Å². The van der Waals surface area contributed by atoms with Crippen molar-refractivity contribution in [2.24, 2.45) is 10.2 Å². The normalized spacial score (nSPS) is 11.4. The largest absolute Gasteiger partial charge is 0.255 e. The average molecular weight is 477 g/mol. The third-order valence-corrected chi connectivity index (χ3v) is 5.86. The Bertz CT molecular complexity index is 970. The Hall–Kier alpha value is -3.33. The smallest absolute Gasteiger partial charge is 0.191 e. The summed E-state index contributed by atoms with van der Waals surface area (Å²) in [6.07, 6.45) is 13.1. The maximum Gasteiger partial charge on any atom is 0.191 e. The average Bonchev–Trinajstić information content (AvgIpc) is 2.89. The topological polar surface area (TPSA) is 82.8 Å². The number of thioether (sulfide) groups is 1. The summed E-state index contributed by atoms with van der Waals surface area (Å²) in [6, 6.07) is 13.3. The Morgan fingerprint density at radius 1 is 0.794 bits per heavy atom. The Labute approximate surface area is 206 Å². The summed E-state index contributed by atoms with van der Waals surface area (Å²) in [5.74, 6) is 2.35. The van der Waals surface area contributed by atoms with Crippen molar-refractivity contribution in [3.63, 3.8) is 0 Å². The predicted molar refractivity (Wildman–Crippen MR) is 142 cm³/mol. The minimum atomic E-state index is 0.686. The molecule has 0 amide bonds. The molecule has 3 aromatic heterocycles. The molecule has 0 unspecified atom stereocenters. The molecule has 0 bridgehead atoms. The Morgan fingerprint density at radius 2 is 1.35 bits per heavy atom. The lowest BCUT2D eigenvalue weighted by atomic mass is 10.2. The molecule has 0 atom stereocenters. The van der Waals surface area contributed by atoms with Crippen LogP contribution in [0.3, 0.4) is 0 Å². The van der Waals surface area contributed by atoms with E-state index in [1.807, 2.05) is 56.6 Å². The van der Waals surface area contributed by atoms with Gasteiger partial charge in [-0.15, -0.1) is 0 Å². The number of unbranched alkanes of at least 4 members (excludes halogenated alkanes) is 4. The third-order valence-electron chi connectivity index (χ3n) is 4.92. The molecule has 3 aromatic rings. The first-order valence-electron chi connectivity index (χ1n) is 11.5. The van der Waals surface area contributed by atoms with E-state index >= 15 is 0 Å². The van der Waals surface area contributed by atoms with Crippen LogP contribution in [0.15, 0.2) is 70.2 Å². The van der Waals surface area contributed by atoms with Crippen LogP contribution in [0, 0.1) is 0 Å². The molecule has 3 rings (SSSR count). The highest BCUT2D eigenvalue weighted by Gasteiger charge is 2.11. The number of pyridine rings is 2. The molecule has 0 radical (unpaired) electrons. The van der Waals surface area contributed by atoms with E-state index < -0.39 is 0 Å². The van der Waals surface area contributed by atoms with E-state index in [4.69, 9.17) is 9.97 Å². The molecule has 9 heteroatoms. The van der Waals surface area contributed by atoms with Gasteiger partial charge in [-0.2, -0.15) is 10.2 Å². The van der Waals surface area contributed by atoms with Crippen LogP contribution in [0.1, 0.15) is 50.4 Å². The van der Waals surface area contributed by atoms with Gasteiger partial charge in [0.15, 0.2) is 16.8 Å². The van der Waals surface area contributed by atoms with Gasteiger partial charge in [-0.1, -0.05) is 56.5 Å². The van der Waals surface area contributed by atoms with Crippen LogP contribution < -0.4 is 10.0 Å². The van der Waals surface area contributed by atoms with Crippen molar-refractivity contribution < 1.29 is 0 Å². The number of hydrazone groups is 2. The van der Waals surface area contributed by atoms with Gasteiger partial charge >= 0.3 is 0 Å². The van der Waals surface area contributed by atoms with Crippen LogP contribution in [-0.4, -0.2) is 52.2 Å². The van der Waals surface area contributed by atoms with Crippen LogP contribution in [0.4, 0.5) is 11.6 Å². The molecular weight excluding hydrogens is 444 g/mol. The Morgan fingerprint density at radius 3 is 1.85 bits per heavy atom. The summed E-state index contributed by atoms with van der Waals surface area (Å²) in [5.41, 5.74) is 1.56. The first kappa shape index (κ1) is 25.3. The summed E-state index contributed by atoms with van der Waals surface area (Å²) in [7, 11) is 3.73. The quantitative estimate of drug-likeness (QED) is 0.109. The van der Waals surface area contributed by atoms with Crippen molar-refractivity contribution in [2.75, 3.05) is 29.9 Å². The molecular formula is C25H32N8S. The fourth-order valence-corrected chi connectivity index (χ4v) is 3.83. The molecule has 0 aliphatic rings. The second kappa shape index (κ2) is 14.0. The van der Waals surface area contributed by atoms with E-state index in [0.29, 0.717) is 16.8 Å². The fourth-order valence-electron chi connectivity index (χ4n) is 2.98. The van der Waals surface area contributed by atoms with E-state index in [1.165, 1.54) is 25.7 Å². The van der Waals surface area contributed by atoms with Gasteiger partial charge in [0.05, 0.1) is 23.8 Å². The molecule has 0 aromatic carbocycles. The summed E-state index contributed by atoms with van der Waals surface area (Å²) in [5, 5.41) is 13.2. The Balaban J connectivity index is 1.76. The van der Waals surface area contributed by atoms with Gasteiger partial charge in [0.1, 0.15) is 0 Å². The predicted octanol–water partition coefficient (Wildman–Crippen LogP) is 5.27. The first-order chi connectivity index (χ1) is 16.7. The van der Waals surface area contributed by atoms with Crippen molar-refractivity contribution in [3.8, 4) is 0 Å². The van der Waals surface area contributed by atoms with Crippen LogP contribution in [0.25, 0.3) is 0 Å². The second-order valence-electron chi connectivity index (χ2n) is 7.68. The van der Waals surface area contributed by atoms with Crippen molar-refractivity contribution in [1.82, 2.24) is 19.9 Å². The van der Waals surface area contributed by atoms with Crippen molar-refractivity contribution >= 4 is 35.8 Å². The minimum Gasteiger partial charge on any atom is -0.255 e. The van der Waals surface area contributed by atoms with Gasteiger partial charge in [-0.3, -0.25) is 20.0 Å². The lowest BCUT2D eigenvalue weighted by Gasteiger charge is -2.17. The highest BCUT2D eigenvalue weighted by atomic mass is 32.2. The molecule has 3 heterocycles. The zero-order valence-electron chi connectivity index (χ0n) is 20.1. The Kier molecular flexibility index (Phi) is 10.4. The summed E-state index contributed by atoms with van der Waals surface area (Å²) < 4.78 is 0. The minimum absolute atomic E-state index is 0.686. The van der Waals surface area contributed by atoms with E-state index in [1.54, 1.807) is 46.6 Å². The molecule has 0 saturated carbocycles. The van der Waals surface area contributed by atoms with Gasteiger partial charge in [0.2, 0.25) is 0 Å². The monoisotopic (exact) mass is 476 g/mol. The molecule has 178 valence electrons. The van der Waals surface area contributed by atoms with Crippen LogP contribution >= 0.6 is 11.8 Å². The van der Waals surface area contributed by atoms with Crippen LogP contribution in [0.2, 0.25) is 0 Å². The number of nitrogens with zero attached hydrogens (tertiary/aromatic N) is 8. The number of rotatable bonds is 13. The van der Waals surface area contributed by atoms with E-state index in [-0.39, 0.29) is 0 Å². The third kappa shape index (κ3) is 8.55. The lowest BCUT2D eigenvalue weighted by Crippen LogP contribution is -2.16. The molecule has 8 nitrogen and oxygen atoms in total. The number of hydrogen-bond acceptors (Lipinski definition) is 9. The van der Waals surface area contributed by atoms with Crippen molar-refractivity contribution in [3.05, 3.63) is 66.2 Å². The molecule has 0 aliphatic heterocycles. The van der Waals surface area contributed by atoms with Gasteiger partial charge in [0, 0.05) is 38.3 Å². The lowest BCUT2D eigenvalue weighted by molar-refractivity contribution is 0.659. The first-order valence-corrected chi connectivity index (χ1v) is 12.5. The van der Waals surface area contributed by atoms with Crippen molar-refractivity contribution in [1.29, 1.82) is 0 Å². The van der Waals surface area contributed by atoms with Crippen LogP contribution in [0.5, 0.6) is 0 Å². The molecule has 0 aliphatic carbocycles. The molecule has 0 fully saturated rings. The van der Waals surface area contributed by atoms with Gasteiger partial charge in [-0.05, 0) is 30.7 Å². The molecule has 0 spiro atoms. The number of hydrogen-bond donors (Lipinski definition) is 0. The second-order valence-corrected chi connectivity index (χ2v) is 8.74. The van der Waals surface area contributed by atoms with Gasteiger partial charge < -0.3 is 0 Å². The maximum atomic E-state index is 4.73. The standard InChI is InChI=1S/C25H32N8S/c1-4-5-6-7-12-17-34-25-30-23(32(2)28-19-21-13-8-10-15-26-21)18-24(31-25)33(3)29-20-22-14-9-11-16-27-22/h8-11,13-16,18-20H,4-7,12,17H2,1-3H3/b28-19+,29-20+. The summed E-state index contributed by atoms with van der Waals surface area (Å²) in [4.78, 5) is 18.0. The fraction of sp³-hybridized carbons (Fsp3) is 0.360. The number of aromatic nitrogens is 4. The van der Waals surface area contributed by atoms with Gasteiger partial charge in [-0.25, -0.2) is 9.97 Å². The highest BCUT2D eigenvalue weighted by molar-refractivity contribution is 7.99. The molecule has 34 heavy (non-hydrogen) atoms. The molecule has 0 saturated heterocycles. The van der Waals surface area contributed by atoms with Gasteiger partial charge in [0.25, 0.3) is 0 Å². The van der Waals surface area contributed by atoms with E-state index in [9.17, 15) is 0 Å². The molecule has 0 N–H and O–H groups in total. The zero-order valence-corrected chi connectivity index (χ0v) is 20.9. The van der Waals surface area contributed by atoms with E-state index in [2.05, 4.69) is 27.1 Å². The SMILES string of the molecule is CCCCCCCSc1nc(N(C)/N=C/c2ccccn2)cc(N(C)/N=C/c2ccccn2)n1. The maximum absolute atomic E-state index is 4.73. The van der Waals surface area contributed by atoms with E-state index in [0.717, 1.165) is 23.6 Å². The summed E-state index contributed by atoms with van der Waals surface area (Å²) in [6.45, 7) is 2.23.